The predicted octanol–water partition coefficient (Wildman–Crippen LogP) is 3.34. The Bertz CT molecular complexity index is 271. The predicted molar refractivity (Wildman–Crippen MR) is 66.5 cm³/mol. The molecule has 0 fully saturated rings. The summed E-state index contributed by atoms with van der Waals surface area (Å²) in [5.74, 6) is 1.77. The number of aryl methyl sites for hydroxylation is 1. The van der Waals surface area contributed by atoms with E-state index in [0.717, 1.165) is 36.3 Å². The largest absolute Gasteiger partial charge is 0.360 e. The van der Waals surface area contributed by atoms with Crippen LogP contribution >= 0.6 is 11.5 Å². The first-order valence-corrected chi connectivity index (χ1v) is 6.56. The van der Waals surface area contributed by atoms with Crippen molar-refractivity contribution < 1.29 is 0 Å². The molecule has 86 valence electrons. The molecule has 1 rings (SSSR count). The fourth-order valence-corrected chi connectivity index (χ4v) is 1.99. The fourth-order valence-electron chi connectivity index (χ4n) is 1.36. The highest BCUT2D eigenvalue weighted by molar-refractivity contribution is 7.09. The monoisotopic (exact) mass is 227 g/mol. The number of hydrogen-bond acceptors (Lipinski definition) is 4. The first-order chi connectivity index (χ1) is 7.22. The lowest BCUT2D eigenvalue weighted by Gasteiger charge is -2.04. The van der Waals surface area contributed by atoms with Gasteiger partial charge in [0, 0.05) is 24.5 Å². The van der Waals surface area contributed by atoms with E-state index in [4.69, 9.17) is 0 Å². The molecular weight excluding hydrogens is 206 g/mol. The molecule has 0 bridgehead atoms. The quantitative estimate of drug-likeness (QED) is 0.726. The van der Waals surface area contributed by atoms with Crippen LogP contribution < -0.4 is 5.32 Å². The lowest BCUT2D eigenvalue weighted by molar-refractivity contribution is 0.567. The molecule has 1 aromatic heterocycles. The molecule has 0 saturated carbocycles. The zero-order chi connectivity index (χ0) is 11.1. The molecule has 0 aliphatic rings. The minimum atomic E-state index is 0.789. The van der Waals surface area contributed by atoms with Crippen LogP contribution in [0.5, 0.6) is 0 Å². The molecule has 0 unspecified atom stereocenters. The zero-order valence-corrected chi connectivity index (χ0v) is 10.7. The lowest BCUT2D eigenvalue weighted by atomic mass is 10.1. The minimum Gasteiger partial charge on any atom is -0.360 e. The van der Waals surface area contributed by atoms with Gasteiger partial charge in [-0.15, -0.1) is 0 Å². The topological polar surface area (TPSA) is 37.8 Å². The highest BCUT2D eigenvalue weighted by atomic mass is 32.1. The molecule has 0 aliphatic heterocycles. The van der Waals surface area contributed by atoms with Crippen LogP contribution in [0.2, 0.25) is 0 Å². The van der Waals surface area contributed by atoms with Crippen LogP contribution in [0.4, 0.5) is 5.13 Å². The van der Waals surface area contributed by atoms with Crippen LogP contribution in [0.3, 0.4) is 0 Å². The third-order valence-electron chi connectivity index (χ3n) is 2.18. The van der Waals surface area contributed by atoms with Gasteiger partial charge < -0.3 is 5.32 Å². The van der Waals surface area contributed by atoms with Gasteiger partial charge in [-0.05, 0) is 25.2 Å². The summed E-state index contributed by atoms with van der Waals surface area (Å²) in [6.07, 6.45) is 4.58. The summed E-state index contributed by atoms with van der Waals surface area (Å²) in [7, 11) is 0. The van der Waals surface area contributed by atoms with E-state index in [0.29, 0.717) is 0 Å². The average Bonchev–Trinajstić information content (AvgIpc) is 2.61. The number of rotatable bonds is 7. The number of hydrogen-bond donors (Lipinski definition) is 1. The van der Waals surface area contributed by atoms with E-state index in [-0.39, 0.29) is 0 Å². The van der Waals surface area contributed by atoms with E-state index in [1.165, 1.54) is 24.4 Å². The van der Waals surface area contributed by atoms with Crippen molar-refractivity contribution in [2.75, 3.05) is 11.9 Å². The molecule has 0 spiro atoms. The van der Waals surface area contributed by atoms with Crippen LogP contribution in [0.1, 0.15) is 45.9 Å². The second-order valence-corrected chi connectivity index (χ2v) is 4.98. The summed E-state index contributed by atoms with van der Waals surface area (Å²) in [6.45, 7) is 7.67. The van der Waals surface area contributed by atoms with Crippen molar-refractivity contribution in [3.05, 3.63) is 5.82 Å². The standard InChI is InChI=1S/C11H21N3S/c1-4-6-10-13-11(15-14-10)12-8-5-7-9(2)3/h9H,4-8H2,1-3H3,(H,12,13,14). The zero-order valence-electron chi connectivity index (χ0n) is 9.92. The second-order valence-electron chi connectivity index (χ2n) is 4.23. The lowest BCUT2D eigenvalue weighted by Crippen LogP contribution is -2.02. The van der Waals surface area contributed by atoms with Gasteiger partial charge in [-0.2, -0.15) is 4.37 Å². The first kappa shape index (κ1) is 12.4. The molecule has 0 radical (unpaired) electrons. The average molecular weight is 227 g/mol. The molecule has 4 heteroatoms. The Hall–Kier alpha value is -0.640. The summed E-state index contributed by atoms with van der Waals surface area (Å²) >= 11 is 1.48. The molecule has 0 atom stereocenters. The van der Waals surface area contributed by atoms with Crippen LogP contribution in [0, 0.1) is 5.92 Å². The van der Waals surface area contributed by atoms with E-state index in [9.17, 15) is 0 Å². The van der Waals surface area contributed by atoms with Crippen molar-refractivity contribution in [1.82, 2.24) is 9.36 Å². The minimum absolute atomic E-state index is 0.789. The molecule has 0 aromatic carbocycles. The van der Waals surface area contributed by atoms with Crippen molar-refractivity contribution in [1.29, 1.82) is 0 Å². The molecule has 1 aromatic rings. The van der Waals surface area contributed by atoms with E-state index in [1.807, 2.05) is 0 Å². The number of nitrogens with one attached hydrogen (secondary N) is 1. The Labute approximate surface area is 96.5 Å². The van der Waals surface area contributed by atoms with E-state index >= 15 is 0 Å². The van der Waals surface area contributed by atoms with E-state index in [1.54, 1.807) is 0 Å². The first-order valence-electron chi connectivity index (χ1n) is 5.78. The Morgan fingerprint density at radius 1 is 1.40 bits per heavy atom. The highest BCUT2D eigenvalue weighted by Crippen LogP contribution is 2.12. The normalized spacial score (nSPS) is 10.9. The van der Waals surface area contributed by atoms with Gasteiger partial charge in [0.1, 0.15) is 5.82 Å². The van der Waals surface area contributed by atoms with Gasteiger partial charge in [0.15, 0.2) is 0 Å². The maximum atomic E-state index is 4.41. The summed E-state index contributed by atoms with van der Waals surface area (Å²) in [5, 5.41) is 4.30. The van der Waals surface area contributed by atoms with Crippen LogP contribution in [-0.2, 0) is 6.42 Å². The number of aromatic nitrogens is 2. The fraction of sp³-hybridized carbons (Fsp3) is 0.818. The molecule has 0 amide bonds. The van der Waals surface area contributed by atoms with Gasteiger partial charge in [0.2, 0.25) is 5.13 Å². The van der Waals surface area contributed by atoms with Crippen molar-refractivity contribution in [2.45, 2.75) is 46.5 Å². The smallest absolute Gasteiger partial charge is 0.202 e. The molecule has 3 nitrogen and oxygen atoms in total. The Morgan fingerprint density at radius 2 is 2.20 bits per heavy atom. The highest BCUT2D eigenvalue weighted by Gasteiger charge is 2.02. The maximum absolute atomic E-state index is 4.41. The van der Waals surface area contributed by atoms with Gasteiger partial charge in [0.05, 0.1) is 0 Å². The Morgan fingerprint density at radius 3 is 2.87 bits per heavy atom. The molecule has 1 N–H and O–H groups in total. The summed E-state index contributed by atoms with van der Waals surface area (Å²) in [4.78, 5) is 4.41. The number of nitrogens with zero attached hydrogens (tertiary/aromatic N) is 2. The number of anilines is 1. The molecule has 1 heterocycles. The molecule has 15 heavy (non-hydrogen) atoms. The van der Waals surface area contributed by atoms with Crippen LogP contribution in [0.15, 0.2) is 0 Å². The van der Waals surface area contributed by atoms with Crippen LogP contribution in [-0.4, -0.2) is 15.9 Å². The SMILES string of the molecule is CCCc1nsc(NCCCC(C)C)n1. The van der Waals surface area contributed by atoms with Crippen molar-refractivity contribution in [3.63, 3.8) is 0 Å². The second kappa shape index (κ2) is 6.77. The van der Waals surface area contributed by atoms with Gasteiger partial charge in [-0.25, -0.2) is 4.98 Å². The Balaban J connectivity index is 2.19. The van der Waals surface area contributed by atoms with Gasteiger partial charge >= 0.3 is 0 Å². The van der Waals surface area contributed by atoms with E-state index < -0.39 is 0 Å². The summed E-state index contributed by atoms with van der Waals surface area (Å²) in [5.41, 5.74) is 0. The third kappa shape index (κ3) is 5.11. The molecular formula is C11H21N3S. The van der Waals surface area contributed by atoms with Crippen molar-refractivity contribution in [3.8, 4) is 0 Å². The van der Waals surface area contributed by atoms with Crippen molar-refractivity contribution in [2.24, 2.45) is 5.92 Å². The Kier molecular flexibility index (Phi) is 5.61. The third-order valence-corrected chi connectivity index (χ3v) is 2.89. The van der Waals surface area contributed by atoms with Gasteiger partial charge in [0.25, 0.3) is 0 Å². The van der Waals surface area contributed by atoms with Crippen LogP contribution in [0.25, 0.3) is 0 Å². The van der Waals surface area contributed by atoms with Gasteiger partial charge in [-0.3, -0.25) is 0 Å². The summed E-state index contributed by atoms with van der Waals surface area (Å²) < 4.78 is 4.29. The van der Waals surface area contributed by atoms with Gasteiger partial charge in [-0.1, -0.05) is 20.8 Å². The molecule has 0 saturated heterocycles. The summed E-state index contributed by atoms with van der Waals surface area (Å²) in [6, 6.07) is 0. The van der Waals surface area contributed by atoms with Crippen molar-refractivity contribution >= 4 is 16.7 Å². The molecule has 0 aliphatic carbocycles. The maximum Gasteiger partial charge on any atom is 0.202 e. The van der Waals surface area contributed by atoms with E-state index in [2.05, 4.69) is 35.4 Å².